The topological polar surface area (TPSA) is 74.2 Å². The number of benzene rings is 2. The number of thiocarbonyl (C=S) groups is 1. The molecule has 0 radical (unpaired) electrons. The van der Waals surface area contributed by atoms with Crippen LogP contribution in [0.2, 0.25) is 5.02 Å². The van der Waals surface area contributed by atoms with E-state index >= 15 is 0 Å². The van der Waals surface area contributed by atoms with E-state index in [-0.39, 0.29) is 5.82 Å². The van der Waals surface area contributed by atoms with Crippen LogP contribution in [0.1, 0.15) is 22.5 Å². The largest absolute Gasteiger partial charge is 0.331 e. The van der Waals surface area contributed by atoms with E-state index < -0.39 is 0 Å². The molecule has 9 heteroatoms. The zero-order valence-corrected chi connectivity index (χ0v) is 19.6. The molecule has 2 aromatic carbocycles. The van der Waals surface area contributed by atoms with Gasteiger partial charge in [0.25, 0.3) is 0 Å². The monoisotopic (exact) mass is 470 g/mol. The fourth-order valence-electron chi connectivity index (χ4n) is 2.95. The summed E-state index contributed by atoms with van der Waals surface area (Å²) in [5.74, 6) is 0.532. The van der Waals surface area contributed by atoms with Gasteiger partial charge in [-0.05, 0) is 74.8 Å². The Balaban J connectivity index is 1.74. The summed E-state index contributed by atoms with van der Waals surface area (Å²) in [6.07, 6.45) is 0.630. The molecule has 0 bridgehead atoms. The van der Waals surface area contributed by atoms with Crippen LogP contribution in [-0.2, 0) is 6.42 Å². The van der Waals surface area contributed by atoms with Crippen LogP contribution >= 0.6 is 23.8 Å². The number of rotatable bonds is 5. The Morgan fingerprint density at radius 2 is 1.72 bits per heavy atom. The lowest BCUT2D eigenvalue weighted by Gasteiger charge is -2.15. The Kier molecular flexibility index (Phi) is 8.08. The number of aromatic nitrogens is 2. The molecule has 3 aromatic rings. The molecule has 32 heavy (non-hydrogen) atoms. The third-order valence-electron chi connectivity index (χ3n) is 4.47. The quantitative estimate of drug-likeness (QED) is 0.270. The van der Waals surface area contributed by atoms with Crippen molar-refractivity contribution in [1.29, 1.82) is 0 Å². The normalized spacial score (nSPS) is 11.2. The van der Waals surface area contributed by atoms with Crippen LogP contribution in [0.25, 0.3) is 0 Å². The van der Waals surface area contributed by atoms with Gasteiger partial charge in [-0.2, -0.15) is 0 Å². The van der Waals surface area contributed by atoms with Gasteiger partial charge in [0, 0.05) is 17.9 Å². The molecule has 6 nitrogen and oxygen atoms in total. The van der Waals surface area contributed by atoms with Crippen molar-refractivity contribution in [3.05, 3.63) is 81.9 Å². The molecule has 0 unspecified atom stereocenters. The van der Waals surface area contributed by atoms with E-state index in [1.807, 2.05) is 45.0 Å². The van der Waals surface area contributed by atoms with E-state index in [9.17, 15) is 4.39 Å². The third-order valence-corrected chi connectivity index (χ3v) is 5.17. The molecule has 1 heterocycles. The van der Waals surface area contributed by atoms with Crippen LogP contribution in [0, 0.1) is 26.6 Å². The van der Waals surface area contributed by atoms with Crippen LogP contribution in [0.3, 0.4) is 0 Å². The molecule has 0 atom stereocenters. The van der Waals surface area contributed by atoms with E-state index in [1.54, 1.807) is 12.1 Å². The molecule has 166 valence electrons. The van der Waals surface area contributed by atoms with Gasteiger partial charge in [0.05, 0.1) is 10.7 Å². The minimum absolute atomic E-state index is 0.264. The fraction of sp³-hybridized carbons (Fsp3) is 0.217. The Morgan fingerprint density at radius 1 is 1.03 bits per heavy atom. The summed E-state index contributed by atoms with van der Waals surface area (Å²) < 4.78 is 13.1. The Labute approximate surface area is 197 Å². The molecule has 3 N–H and O–H groups in total. The first kappa shape index (κ1) is 23.6. The van der Waals surface area contributed by atoms with Crippen LogP contribution in [0.5, 0.6) is 0 Å². The van der Waals surface area contributed by atoms with Gasteiger partial charge in [-0.1, -0.05) is 35.9 Å². The van der Waals surface area contributed by atoms with Crippen molar-refractivity contribution in [3.8, 4) is 0 Å². The number of hydrogen-bond donors (Lipinski definition) is 3. The molecule has 0 aliphatic rings. The maximum absolute atomic E-state index is 13.1. The van der Waals surface area contributed by atoms with Gasteiger partial charge >= 0.3 is 0 Å². The summed E-state index contributed by atoms with van der Waals surface area (Å²) in [7, 11) is 0. The second kappa shape index (κ2) is 11.0. The molecular weight excluding hydrogens is 447 g/mol. The zero-order chi connectivity index (χ0) is 23.1. The molecule has 0 fully saturated rings. The average Bonchev–Trinajstić information content (AvgIpc) is 2.72. The molecule has 0 amide bonds. The number of aliphatic imine (C=N–C) groups is 1. The maximum Gasteiger partial charge on any atom is 0.229 e. The number of anilines is 2. The third kappa shape index (κ3) is 6.96. The smallest absolute Gasteiger partial charge is 0.229 e. The SMILES string of the molecule is Cc1cc(C)nc(NC(=NCCc2ccc(F)cc2)NC(=S)Nc2cccc(C)c2Cl)n1. The first-order valence-corrected chi connectivity index (χ1v) is 10.8. The van der Waals surface area contributed by atoms with Gasteiger partial charge in [0.2, 0.25) is 11.9 Å². The number of halogens is 2. The highest BCUT2D eigenvalue weighted by molar-refractivity contribution is 7.80. The number of nitrogens with one attached hydrogen (secondary N) is 3. The fourth-order valence-corrected chi connectivity index (χ4v) is 3.33. The minimum atomic E-state index is -0.264. The molecular formula is C23H24ClFN6S. The van der Waals surface area contributed by atoms with Gasteiger partial charge in [-0.15, -0.1) is 0 Å². The first-order valence-electron chi connectivity index (χ1n) is 10.0. The summed E-state index contributed by atoms with van der Waals surface area (Å²) in [6.45, 7) is 6.15. The van der Waals surface area contributed by atoms with Crippen molar-refractivity contribution in [2.24, 2.45) is 4.99 Å². The van der Waals surface area contributed by atoms with Crippen molar-refractivity contribution in [2.75, 3.05) is 17.2 Å². The highest BCUT2D eigenvalue weighted by atomic mass is 35.5. The second-order valence-electron chi connectivity index (χ2n) is 7.22. The molecule has 0 spiro atoms. The lowest BCUT2D eigenvalue weighted by molar-refractivity contribution is 0.627. The van der Waals surface area contributed by atoms with Crippen LogP contribution in [-0.4, -0.2) is 27.6 Å². The summed E-state index contributed by atoms with van der Waals surface area (Å²) >= 11 is 11.8. The van der Waals surface area contributed by atoms with E-state index in [2.05, 4.69) is 30.9 Å². The van der Waals surface area contributed by atoms with Crippen molar-refractivity contribution < 1.29 is 4.39 Å². The van der Waals surface area contributed by atoms with Crippen molar-refractivity contribution in [2.45, 2.75) is 27.2 Å². The second-order valence-corrected chi connectivity index (χ2v) is 8.01. The number of nitrogens with zero attached hydrogens (tertiary/aromatic N) is 3. The molecule has 0 saturated carbocycles. The lowest BCUT2D eigenvalue weighted by atomic mass is 10.1. The number of aryl methyl sites for hydroxylation is 3. The first-order chi connectivity index (χ1) is 15.3. The number of hydrogen-bond acceptors (Lipinski definition) is 4. The van der Waals surface area contributed by atoms with E-state index in [4.69, 9.17) is 23.8 Å². The summed E-state index contributed by atoms with van der Waals surface area (Å²) in [4.78, 5) is 13.4. The Morgan fingerprint density at radius 3 is 2.41 bits per heavy atom. The summed E-state index contributed by atoms with van der Waals surface area (Å²) in [5, 5.41) is 10.1. The van der Waals surface area contributed by atoms with Crippen LogP contribution in [0.4, 0.5) is 16.0 Å². The van der Waals surface area contributed by atoms with Gasteiger partial charge in [0.1, 0.15) is 5.82 Å². The zero-order valence-electron chi connectivity index (χ0n) is 18.0. The van der Waals surface area contributed by atoms with E-state index in [1.165, 1.54) is 12.1 Å². The highest BCUT2D eigenvalue weighted by Gasteiger charge is 2.09. The predicted molar refractivity (Wildman–Crippen MR) is 133 cm³/mol. The predicted octanol–water partition coefficient (Wildman–Crippen LogP) is 5.19. The standard InChI is InChI=1S/C23H24ClFN6S/c1-14-5-4-6-19(20(14)24)29-23(32)31-21(30-22-27-15(2)13-16(3)28-22)26-12-11-17-7-9-18(25)10-8-17/h4-10,13H,11-12H2,1-3H3,(H3,26,27,28,29,30,31,32). The van der Waals surface area contributed by atoms with Crippen molar-refractivity contribution in [3.63, 3.8) is 0 Å². The van der Waals surface area contributed by atoms with Crippen LogP contribution in [0.15, 0.2) is 53.5 Å². The Hall–Kier alpha value is -3.10. The van der Waals surface area contributed by atoms with E-state index in [0.29, 0.717) is 40.7 Å². The lowest BCUT2D eigenvalue weighted by Crippen LogP contribution is -2.39. The van der Waals surface area contributed by atoms with Crippen molar-refractivity contribution >= 4 is 46.5 Å². The highest BCUT2D eigenvalue weighted by Crippen LogP contribution is 2.24. The molecule has 0 aliphatic heterocycles. The molecule has 3 rings (SSSR count). The van der Waals surface area contributed by atoms with Gasteiger partial charge in [-0.3, -0.25) is 10.3 Å². The average molecular weight is 471 g/mol. The minimum Gasteiger partial charge on any atom is -0.331 e. The summed E-state index contributed by atoms with van der Waals surface area (Å²) in [6, 6.07) is 13.9. The van der Waals surface area contributed by atoms with E-state index in [0.717, 1.165) is 22.5 Å². The van der Waals surface area contributed by atoms with Gasteiger partial charge in [0.15, 0.2) is 5.11 Å². The van der Waals surface area contributed by atoms with Crippen molar-refractivity contribution in [1.82, 2.24) is 15.3 Å². The summed E-state index contributed by atoms with van der Waals surface area (Å²) in [5.41, 5.74) is 4.27. The molecule has 0 aliphatic carbocycles. The maximum atomic E-state index is 13.1. The Bertz CT molecular complexity index is 1110. The van der Waals surface area contributed by atoms with Gasteiger partial charge < -0.3 is 10.6 Å². The van der Waals surface area contributed by atoms with Crippen LogP contribution < -0.4 is 16.0 Å². The molecule has 0 saturated heterocycles. The number of guanidine groups is 1. The molecule has 1 aromatic heterocycles. The van der Waals surface area contributed by atoms with Gasteiger partial charge in [-0.25, -0.2) is 14.4 Å².